The highest BCUT2D eigenvalue weighted by atomic mass is 15.2. The second-order valence-corrected chi connectivity index (χ2v) is 4.15. The fourth-order valence-corrected chi connectivity index (χ4v) is 1.79. The van der Waals surface area contributed by atoms with Crippen LogP contribution in [-0.4, -0.2) is 17.0 Å². The van der Waals surface area contributed by atoms with Crippen molar-refractivity contribution in [1.29, 1.82) is 0 Å². The van der Waals surface area contributed by atoms with Gasteiger partial charge < -0.3 is 10.6 Å². The van der Waals surface area contributed by atoms with Gasteiger partial charge in [0.1, 0.15) is 12.1 Å². The van der Waals surface area contributed by atoms with Crippen molar-refractivity contribution < 1.29 is 0 Å². The normalized spacial score (nSPS) is 10.4. The van der Waals surface area contributed by atoms with Crippen LogP contribution < -0.4 is 10.6 Å². The fraction of sp³-hybridized carbons (Fsp3) is 0.286. The van der Waals surface area contributed by atoms with E-state index in [0.717, 1.165) is 29.2 Å². The van der Waals surface area contributed by atoms with Crippen molar-refractivity contribution in [2.75, 3.05) is 11.9 Å². The third kappa shape index (κ3) is 2.65. The Morgan fingerprint density at radius 3 is 2.78 bits per heavy atom. The van der Waals surface area contributed by atoms with Crippen molar-refractivity contribution in [2.24, 2.45) is 5.73 Å². The van der Waals surface area contributed by atoms with Crippen molar-refractivity contribution in [3.8, 4) is 0 Å². The summed E-state index contributed by atoms with van der Waals surface area (Å²) in [5, 5.41) is 0. The van der Waals surface area contributed by atoms with Crippen LogP contribution in [0, 0.1) is 0 Å². The average Bonchev–Trinajstić information content (AvgIpc) is 2.46. The van der Waals surface area contributed by atoms with E-state index in [1.54, 1.807) is 6.33 Å². The first-order valence-electron chi connectivity index (χ1n) is 6.08. The van der Waals surface area contributed by atoms with Crippen LogP contribution in [0.1, 0.15) is 18.2 Å². The summed E-state index contributed by atoms with van der Waals surface area (Å²) in [5.74, 6) is 0.899. The lowest BCUT2D eigenvalue weighted by Crippen LogP contribution is -2.12. The van der Waals surface area contributed by atoms with Crippen LogP contribution >= 0.6 is 0 Å². The Morgan fingerprint density at radius 2 is 2.06 bits per heavy atom. The van der Waals surface area contributed by atoms with E-state index in [-0.39, 0.29) is 0 Å². The van der Waals surface area contributed by atoms with Gasteiger partial charge in [-0.05, 0) is 24.1 Å². The van der Waals surface area contributed by atoms with E-state index in [9.17, 15) is 0 Å². The monoisotopic (exact) mass is 242 g/mol. The van der Waals surface area contributed by atoms with Gasteiger partial charge >= 0.3 is 0 Å². The molecule has 4 nitrogen and oxygen atoms in total. The lowest BCUT2D eigenvalue weighted by atomic mass is 10.2. The number of hydrogen-bond acceptors (Lipinski definition) is 4. The van der Waals surface area contributed by atoms with Crippen LogP contribution in [0.2, 0.25) is 0 Å². The molecular formula is C14H18N4. The summed E-state index contributed by atoms with van der Waals surface area (Å²) < 4.78 is 0. The Bertz CT molecular complexity index is 477. The Kier molecular flexibility index (Phi) is 3.89. The molecule has 1 heterocycles. The summed E-state index contributed by atoms with van der Waals surface area (Å²) in [6.45, 7) is 2.63. The third-order valence-electron chi connectivity index (χ3n) is 2.95. The van der Waals surface area contributed by atoms with Crippen molar-refractivity contribution in [1.82, 2.24) is 9.97 Å². The SMILES string of the molecule is CCc1cc(N(C)c2cccc(CN)c2)ncn1. The molecule has 0 spiro atoms. The summed E-state index contributed by atoms with van der Waals surface area (Å²) >= 11 is 0. The molecule has 1 aromatic carbocycles. The summed E-state index contributed by atoms with van der Waals surface area (Å²) in [4.78, 5) is 10.6. The quantitative estimate of drug-likeness (QED) is 0.893. The minimum absolute atomic E-state index is 0.547. The maximum absolute atomic E-state index is 5.66. The van der Waals surface area contributed by atoms with Gasteiger partial charge in [0, 0.05) is 31.0 Å². The van der Waals surface area contributed by atoms with Crippen LogP contribution in [0.15, 0.2) is 36.7 Å². The zero-order chi connectivity index (χ0) is 13.0. The minimum atomic E-state index is 0.547. The van der Waals surface area contributed by atoms with Crippen LogP contribution in [0.3, 0.4) is 0 Å². The number of nitrogens with zero attached hydrogens (tertiary/aromatic N) is 3. The zero-order valence-corrected chi connectivity index (χ0v) is 10.8. The lowest BCUT2D eigenvalue weighted by molar-refractivity contribution is 0.978. The molecule has 0 unspecified atom stereocenters. The van der Waals surface area contributed by atoms with Gasteiger partial charge in [-0.25, -0.2) is 9.97 Å². The molecule has 2 rings (SSSR count). The van der Waals surface area contributed by atoms with E-state index in [1.165, 1.54) is 0 Å². The standard InChI is InChI=1S/C14H18N4/c1-3-12-8-14(17-10-16-12)18(2)13-6-4-5-11(7-13)9-15/h4-8,10H,3,9,15H2,1-2H3. The first-order chi connectivity index (χ1) is 8.74. The molecule has 0 amide bonds. The first-order valence-corrected chi connectivity index (χ1v) is 6.08. The highest BCUT2D eigenvalue weighted by Crippen LogP contribution is 2.22. The van der Waals surface area contributed by atoms with Crippen molar-refractivity contribution in [2.45, 2.75) is 19.9 Å². The number of hydrogen-bond donors (Lipinski definition) is 1. The molecule has 0 bridgehead atoms. The molecule has 0 aliphatic carbocycles. The molecule has 0 fully saturated rings. The van der Waals surface area contributed by atoms with Crippen LogP contribution in [-0.2, 0) is 13.0 Å². The van der Waals surface area contributed by atoms with Crippen LogP contribution in [0.25, 0.3) is 0 Å². The van der Waals surface area contributed by atoms with Crippen molar-refractivity contribution in [3.63, 3.8) is 0 Å². The Labute approximate surface area is 107 Å². The fourth-order valence-electron chi connectivity index (χ4n) is 1.79. The van der Waals surface area contributed by atoms with E-state index >= 15 is 0 Å². The maximum atomic E-state index is 5.66. The average molecular weight is 242 g/mol. The van der Waals surface area contributed by atoms with E-state index < -0.39 is 0 Å². The van der Waals surface area contributed by atoms with Crippen molar-refractivity contribution >= 4 is 11.5 Å². The summed E-state index contributed by atoms with van der Waals surface area (Å²) in [6, 6.07) is 10.2. The van der Waals surface area contributed by atoms with Gasteiger partial charge in [0.05, 0.1) is 0 Å². The predicted molar refractivity (Wildman–Crippen MR) is 73.8 cm³/mol. The Morgan fingerprint density at radius 1 is 1.22 bits per heavy atom. The van der Waals surface area contributed by atoms with E-state index in [0.29, 0.717) is 6.54 Å². The molecule has 0 aliphatic rings. The first kappa shape index (κ1) is 12.5. The zero-order valence-electron chi connectivity index (χ0n) is 10.8. The Hall–Kier alpha value is -1.94. The maximum Gasteiger partial charge on any atom is 0.136 e. The highest BCUT2D eigenvalue weighted by molar-refractivity contribution is 5.59. The molecule has 18 heavy (non-hydrogen) atoms. The molecule has 2 N–H and O–H groups in total. The van der Waals surface area contributed by atoms with Gasteiger partial charge in [0.2, 0.25) is 0 Å². The lowest BCUT2D eigenvalue weighted by Gasteiger charge is -2.19. The molecular weight excluding hydrogens is 224 g/mol. The van der Waals surface area contributed by atoms with Crippen molar-refractivity contribution in [3.05, 3.63) is 47.9 Å². The van der Waals surface area contributed by atoms with Gasteiger partial charge in [-0.3, -0.25) is 0 Å². The summed E-state index contributed by atoms with van der Waals surface area (Å²) in [5.41, 5.74) is 8.90. The second kappa shape index (κ2) is 5.60. The number of aromatic nitrogens is 2. The number of aryl methyl sites for hydroxylation is 1. The topological polar surface area (TPSA) is 55.0 Å². The largest absolute Gasteiger partial charge is 0.329 e. The molecule has 1 aromatic heterocycles. The number of rotatable bonds is 4. The van der Waals surface area contributed by atoms with Gasteiger partial charge in [-0.2, -0.15) is 0 Å². The molecule has 0 aliphatic heterocycles. The predicted octanol–water partition coefficient (Wildman–Crippen LogP) is 2.27. The summed E-state index contributed by atoms with van der Waals surface area (Å²) in [7, 11) is 2.00. The molecule has 0 saturated heterocycles. The van der Waals surface area contributed by atoms with Crippen LogP contribution in [0.4, 0.5) is 11.5 Å². The van der Waals surface area contributed by atoms with Crippen LogP contribution in [0.5, 0.6) is 0 Å². The van der Waals surface area contributed by atoms with Gasteiger partial charge in [0.15, 0.2) is 0 Å². The number of anilines is 2. The molecule has 0 radical (unpaired) electrons. The van der Waals surface area contributed by atoms with E-state index in [1.807, 2.05) is 36.2 Å². The molecule has 94 valence electrons. The molecule has 4 heteroatoms. The Balaban J connectivity index is 2.31. The molecule has 0 atom stereocenters. The third-order valence-corrected chi connectivity index (χ3v) is 2.95. The number of benzene rings is 1. The van der Waals surface area contributed by atoms with E-state index in [2.05, 4.69) is 23.0 Å². The highest BCUT2D eigenvalue weighted by Gasteiger charge is 2.06. The molecule has 2 aromatic rings. The molecule has 0 saturated carbocycles. The minimum Gasteiger partial charge on any atom is -0.329 e. The smallest absolute Gasteiger partial charge is 0.136 e. The van der Waals surface area contributed by atoms with Gasteiger partial charge in [0.25, 0.3) is 0 Å². The van der Waals surface area contributed by atoms with Gasteiger partial charge in [-0.1, -0.05) is 19.1 Å². The summed E-state index contributed by atoms with van der Waals surface area (Å²) in [6.07, 6.45) is 2.52. The van der Waals surface area contributed by atoms with E-state index in [4.69, 9.17) is 5.73 Å². The second-order valence-electron chi connectivity index (χ2n) is 4.15. The number of nitrogens with two attached hydrogens (primary N) is 1. The van der Waals surface area contributed by atoms with Gasteiger partial charge in [-0.15, -0.1) is 0 Å².